The first-order valence-corrected chi connectivity index (χ1v) is 5.91. The molecule has 1 unspecified atom stereocenters. The normalized spacial score (nSPS) is 15.7. The summed E-state index contributed by atoms with van der Waals surface area (Å²) in [6.07, 6.45) is 0.774. The maximum Gasteiger partial charge on any atom is 0.250 e. The Morgan fingerprint density at radius 1 is 1.62 bits per heavy atom. The fourth-order valence-electron chi connectivity index (χ4n) is 2.02. The summed E-state index contributed by atoms with van der Waals surface area (Å²) in [5.41, 5.74) is 3.50. The van der Waals surface area contributed by atoms with Crippen molar-refractivity contribution in [3.8, 4) is 6.07 Å². The molecule has 1 aliphatic rings. The lowest BCUT2D eigenvalue weighted by Crippen LogP contribution is -2.37. The molecule has 0 amide bonds. The lowest BCUT2D eigenvalue weighted by Gasteiger charge is -2.19. The van der Waals surface area contributed by atoms with Crippen molar-refractivity contribution in [2.24, 2.45) is 0 Å². The quantitative estimate of drug-likeness (QED) is 0.748. The van der Waals surface area contributed by atoms with Crippen molar-refractivity contribution >= 4 is 17.0 Å². The molecule has 0 radical (unpaired) electrons. The molecule has 0 saturated carbocycles. The zero-order valence-corrected chi connectivity index (χ0v) is 9.54. The molecule has 5 nitrogen and oxygen atoms in total. The van der Waals surface area contributed by atoms with Gasteiger partial charge in [-0.2, -0.15) is 5.26 Å². The summed E-state index contributed by atoms with van der Waals surface area (Å²) in [7, 11) is 0. The maximum atomic E-state index is 10.7. The molecule has 0 bridgehead atoms. The molecular formula is C10H11N3O2S. The molecule has 84 valence electrons. The minimum atomic E-state index is -2.07. The molecule has 16 heavy (non-hydrogen) atoms. The number of nitriles is 1. The van der Waals surface area contributed by atoms with Crippen LogP contribution in [0, 0.1) is 18.3 Å². The van der Waals surface area contributed by atoms with Crippen LogP contribution in [-0.2, 0) is 17.7 Å². The van der Waals surface area contributed by atoms with Crippen LogP contribution < -0.4 is 9.84 Å². The smallest absolute Gasteiger partial charge is 0.250 e. The minimum Gasteiger partial charge on any atom is -0.294 e. The number of fused-ring (bicyclic) bond motifs is 1. The highest BCUT2D eigenvalue weighted by Gasteiger charge is 2.22. The van der Waals surface area contributed by atoms with Gasteiger partial charge in [-0.25, -0.2) is 4.21 Å². The van der Waals surface area contributed by atoms with Crippen LogP contribution in [-0.4, -0.2) is 15.3 Å². The maximum absolute atomic E-state index is 10.7. The van der Waals surface area contributed by atoms with Crippen LogP contribution in [0.4, 0.5) is 5.69 Å². The van der Waals surface area contributed by atoms with Gasteiger partial charge in [0.05, 0.1) is 17.3 Å². The molecule has 0 aromatic heterocycles. The van der Waals surface area contributed by atoms with Gasteiger partial charge in [0, 0.05) is 6.54 Å². The molecule has 0 spiro atoms. The molecule has 1 heterocycles. The zero-order valence-electron chi connectivity index (χ0n) is 8.73. The Labute approximate surface area is 96.1 Å². The third kappa shape index (κ3) is 1.93. The highest BCUT2D eigenvalue weighted by Crippen LogP contribution is 2.31. The van der Waals surface area contributed by atoms with E-state index in [1.165, 1.54) is 0 Å². The summed E-state index contributed by atoms with van der Waals surface area (Å²) < 4.78 is 19.5. The number of hydrazine groups is 1. The number of hydrogen-bond acceptors (Lipinski definition) is 3. The van der Waals surface area contributed by atoms with E-state index in [2.05, 4.69) is 10.9 Å². The summed E-state index contributed by atoms with van der Waals surface area (Å²) in [5, 5.41) is 10.5. The van der Waals surface area contributed by atoms with Gasteiger partial charge in [0.15, 0.2) is 0 Å². The first-order valence-electron chi connectivity index (χ1n) is 4.80. The van der Waals surface area contributed by atoms with Crippen LogP contribution in [0.3, 0.4) is 0 Å². The third-order valence-electron chi connectivity index (χ3n) is 2.57. The summed E-state index contributed by atoms with van der Waals surface area (Å²) in [6.45, 7) is 2.53. The Hall–Kier alpha value is -1.42. The van der Waals surface area contributed by atoms with E-state index in [0.29, 0.717) is 12.1 Å². The second-order valence-corrected chi connectivity index (χ2v) is 4.34. The number of rotatable bonds is 2. The third-order valence-corrected chi connectivity index (χ3v) is 2.95. The van der Waals surface area contributed by atoms with Crippen molar-refractivity contribution in [2.45, 2.75) is 13.3 Å². The average molecular weight is 237 g/mol. The molecule has 2 rings (SSSR count). The van der Waals surface area contributed by atoms with Gasteiger partial charge in [-0.05, 0) is 36.6 Å². The molecule has 1 aromatic carbocycles. The molecule has 2 N–H and O–H groups in total. The van der Waals surface area contributed by atoms with E-state index in [9.17, 15) is 4.21 Å². The van der Waals surface area contributed by atoms with Crippen LogP contribution >= 0.6 is 0 Å². The predicted molar refractivity (Wildman–Crippen MR) is 60.9 cm³/mol. The molecule has 0 saturated heterocycles. The highest BCUT2D eigenvalue weighted by atomic mass is 32.2. The first kappa shape index (κ1) is 11.1. The Morgan fingerprint density at radius 3 is 3.00 bits per heavy atom. The van der Waals surface area contributed by atoms with E-state index >= 15 is 0 Å². The van der Waals surface area contributed by atoms with Gasteiger partial charge in [0.2, 0.25) is 0 Å². The van der Waals surface area contributed by atoms with Crippen LogP contribution in [0.25, 0.3) is 0 Å². The van der Waals surface area contributed by atoms with Crippen molar-refractivity contribution in [3.05, 3.63) is 28.8 Å². The van der Waals surface area contributed by atoms with E-state index in [-0.39, 0.29) is 0 Å². The zero-order chi connectivity index (χ0) is 11.7. The van der Waals surface area contributed by atoms with E-state index < -0.39 is 11.3 Å². The van der Waals surface area contributed by atoms with Gasteiger partial charge in [-0.1, -0.05) is 0 Å². The number of nitrogens with one attached hydrogen (secondary N) is 1. The van der Waals surface area contributed by atoms with Gasteiger partial charge >= 0.3 is 0 Å². The minimum absolute atomic E-state index is 0.628. The van der Waals surface area contributed by atoms with Crippen LogP contribution in [0.15, 0.2) is 12.1 Å². The average Bonchev–Trinajstić information content (AvgIpc) is 2.60. The van der Waals surface area contributed by atoms with Crippen molar-refractivity contribution in [1.29, 1.82) is 5.26 Å². The predicted octanol–water partition coefficient (Wildman–Crippen LogP) is 0.870. The topological polar surface area (TPSA) is 76.4 Å². The van der Waals surface area contributed by atoms with Gasteiger partial charge in [0.1, 0.15) is 0 Å². The number of nitrogens with zero attached hydrogens (tertiary/aromatic N) is 2. The second-order valence-electron chi connectivity index (χ2n) is 3.65. The fourth-order valence-corrected chi connectivity index (χ4v) is 2.39. The SMILES string of the molecule is Cc1cc(C#N)cc2c1N(NS(=O)O)CC2. The molecule has 1 aromatic rings. The highest BCUT2D eigenvalue weighted by molar-refractivity contribution is 7.77. The molecule has 1 aliphatic heterocycles. The Bertz CT molecular complexity index is 496. The van der Waals surface area contributed by atoms with Crippen LogP contribution in [0.5, 0.6) is 0 Å². The van der Waals surface area contributed by atoms with Gasteiger partial charge in [-0.3, -0.25) is 9.56 Å². The standard InChI is InChI=1S/C10H11N3O2S/c1-7-4-8(6-11)5-9-2-3-13(10(7)9)12-16(14)15/h4-5,12H,2-3H2,1H3,(H,14,15). The lowest BCUT2D eigenvalue weighted by atomic mass is 10.0. The number of aryl methyl sites for hydroxylation is 1. The lowest BCUT2D eigenvalue weighted by molar-refractivity contribution is 0.545. The first-order chi connectivity index (χ1) is 7.61. The van der Waals surface area contributed by atoms with E-state index in [1.807, 2.05) is 13.0 Å². The Balaban J connectivity index is 2.40. The van der Waals surface area contributed by atoms with Crippen molar-refractivity contribution in [2.75, 3.05) is 11.6 Å². The largest absolute Gasteiger partial charge is 0.294 e. The number of anilines is 1. The Morgan fingerprint density at radius 2 is 2.38 bits per heavy atom. The van der Waals surface area contributed by atoms with Gasteiger partial charge in [-0.15, -0.1) is 4.83 Å². The van der Waals surface area contributed by atoms with Crippen LogP contribution in [0.2, 0.25) is 0 Å². The summed E-state index contributed by atoms with van der Waals surface area (Å²) in [4.78, 5) is 2.45. The van der Waals surface area contributed by atoms with Gasteiger partial charge in [0.25, 0.3) is 11.3 Å². The van der Waals surface area contributed by atoms with Crippen molar-refractivity contribution in [1.82, 2.24) is 4.83 Å². The van der Waals surface area contributed by atoms with Crippen LogP contribution in [0.1, 0.15) is 16.7 Å². The summed E-state index contributed by atoms with van der Waals surface area (Å²) in [6, 6.07) is 5.71. The monoisotopic (exact) mass is 237 g/mol. The molecule has 1 atom stereocenters. The van der Waals surface area contributed by atoms with Gasteiger partial charge < -0.3 is 0 Å². The fraction of sp³-hybridized carbons (Fsp3) is 0.300. The Kier molecular flexibility index (Phi) is 2.92. The molecule has 0 fully saturated rings. The second kappa shape index (κ2) is 4.22. The molecular weight excluding hydrogens is 226 g/mol. The number of benzene rings is 1. The van der Waals surface area contributed by atoms with E-state index in [1.54, 1.807) is 11.1 Å². The van der Waals surface area contributed by atoms with Crippen molar-refractivity contribution in [3.63, 3.8) is 0 Å². The summed E-state index contributed by atoms with van der Waals surface area (Å²) in [5.74, 6) is 0. The van der Waals surface area contributed by atoms with Crippen molar-refractivity contribution < 1.29 is 8.76 Å². The van der Waals surface area contributed by atoms with E-state index in [4.69, 9.17) is 9.81 Å². The molecule has 6 heteroatoms. The number of hydrogen-bond donors (Lipinski definition) is 2. The van der Waals surface area contributed by atoms with E-state index in [0.717, 1.165) is 23.2 Å². The molecule has 0 aliphatic carbocycles. The summed E-state index contributed by atoms with van der Waals surface area (Å²) >= 11 is -2.07.